The van der Waals surface area contributed by atoms with Gasteiger partial charge in [-0.2, -0.15) is 0 Å². The molecular weight excluding hydrogens is 260 g/mol. The fraction of sp³-hybridized carbons (Fsp3) is 0.500. The van der Waals surface area contributed by atoms with Crippen molar-refractivity contribution < 1.29 is 0 Å². The Morgan fingerprint density at radius 2 is 1.81 bits per heavy atom. The maximum absolute atomic E-state index is 12.5. The molecular formula is C18H26N2O. The summed E-state index contributed by atoms with van der Waals surface area (Å²) in [5, 5.41) is 0.773. The highest BCUT2D eigenvalue weighted by Gasteiger charge is 2.12. The van der Waals surface area contributed by atoms with Gasteiger partial charge in [-0.15, -0.1) is 0 Å². The predicted octanol–water partition coefficient (Wildman–Crippen LogP) is 3.74. The number of fused-ring (bicyclic) bond motifs is 1. The van der Waals surface area contributed by atoms with Crippen molar-refractivity contribution in [2.24, 2.45) is 5.73 Å². The molecule has 0 spiro atoms. The number of unbranched alkanes of at least 4 members (excludes halogenated alkanes) is 4. The van der Waals surface area contributed by atoms with Crippen molar-refractivity contribution in [3.8, 4) is 0 Å². The second-order valence-electron chi connectivity index (χ2n) is 5.69. The zero-order valence-electron chi connectivity index (χ0n) is 13.2. The van der Waals surface area contributed by atoms with E-state index in [1.807, 2.05) is 31.2 Å². The van der Waals surface area contributed by atoms with Crippen molar-refractivity contribution in [2.75, 3.05) is 0 Å². The minimum atomic E-state index is 0.152. The first-order valence-corrected chi connectivity index (χ1v) is 8.01. The molecule has 0 bridgehead atoms. The van der Waals surface area contributed by atoms with E-state index >= 15 is 0 Å². The fourth-order valence-corrected chi connectivity index (χ4v) is 3.01. The van der Waals surface area contributed by atoms with Crippen molar-refractivity contribution in [2.45, 2.75) is 59.0 Å². The van der Waals surface area contributed by atoms with Gasteiger partial charge in [-0.25, -0.2) is 0 Å². The maximum atomic E-state index is 12.5. The zero-order chi connectivity index (χ0) is 15.2. The fourth-order valence-electron chi connectivity index (χ4n) is 3.01. The van der Waals surface area contributed by atoms with Crippen LogP contribution in [0.1, 0.15) is 50.3 Å². The molecule has 2 N–H and O–H groups in total. The quantitative estimate of drug-likeness (QED) is 0.788. The minimum Gasteiger partial charge on any atom is -0.331 e. The molecule has 0 amide bonds. The van der Waals surface area contributed by atoms with E-state index in [0.717, 1.165) is 35.0 Å². The largest absolute Gasteiger partial charge is 0.331 e. The van der Waals surface area contributed by atoms with Crippen LogP contribution in [-0.4, -0.2) is 4.57 Å². The molecule has 0 aliphatic carbocycles. The Balaban J connectivity index is 2.34. The third-order valence-electron chi connectivity index (χ3n) is 4.24. The van der Waals surface area contributed by atoms with Crippen LogP contribution in [0.5, 0.6) is 0 Å². The van der Waals surface area contributed by atoms with Crippen molar-refractivity contribution in [3.63, 3.8) is 0 Å². The zero-order valence-corrected chi connectivity index (χ0v) is 13.2. The number of hydrogen-bond donors (Lipinski definition) is 1. The second-order valence-corrected chi connectivity index (χ2v) is 5.69. The number of aromatic nitrogens is 1. The third kappa shape index (κ3) is 3.35. The number of rotatable bonds is 7. The van der Waals surface area contributed by atoms with Gasteiger partial charge >= 0.3 is 0 Å². The standard InChI is InChI=1S/C18H26N2O/c1-3-4-5-6-7-11-16-14(2)18(21)15-10-8-9-12-17(15)20(16)13-19/h8-10,12H,3-7,11,13,19H2,1-2H3. The van der Waals surface area contributed by atoms with Gasteiger partial charge in [0.05, 0.1) is 12.2 Å². The van der Waals surface area contributed by atoms with Gasteiger partial charge in [-0.05, 0) is 31.9 Å². The van der Waals surface area contributed by atoms with E-state index in [0.29, 0.717) is 6.67 Å². The summed E-state index contributed by atoms with van der Waals surface area (Å²) >= 11 is 0. The molecule has 0 aliphatic rings. The van der Waals surface area contributed by atoms with Crippen LogP contribution < -0.4 is 11.2 Å². The summed E-state index contributed by atoms with van der Waals surface area (Å²) in [6.07, 6.45) is 7.10. The molecule has 0 radical (unpaired) electrons. The number of nitrogens with two attached hydrogens (primary N) is 1. The van der Waals surface area contributed by atoms with Crippen LogP contribution in [0.25, 0.3) is 10.9 Å². The lowest BCUT2D eigenvalue weighted by molar-refractivity contribution is 0.606. The Morgan fingerprint density at radius 1 is 1.10 bits per heavy atom. The molecule has 2 aromatic rings. The maximum Gasteiger partial charge on any atom is 0.192 e. The molecule has 114 valence electrons. The molecule has 3 nitrogen and oxygen atoms in total. The van der Waals surface area contributed by atoms with Crippen LogP contribution in [-0.2, 0) is 13.1 Å². The topological polar surface area (TPSA) is 48.0 Å². The average molecular weight is 286 g/mol. The van der Waals surface area contributed by atoms with Crippen LogP contribution in [0.3, 0.4) is 0 Å². The summed E-state index contributed by atoms with van der Waals surface area (Å²) in [7, 11) is 0. The minimum absolute atomic E-state index is 0.152. The average Bonchev–Trinajstić information content (AvgIpc) is 2.52. The summed E-state index contributed by atoms with van der Waals surface area (Å²) in [6.45, 7) is 4.58. The molecule has 1 aromatic carbocycles. The number of pyridine rings is 1. The third-order valence-corrected chi connectivity index (χ3v) is 4.24. The van der Waals surface area contributed by atoms with E-state index in [1.54, 1.807) is 0 Å². The molecule has 0 saturated heterocycles. The first kappa shape index (κ1) is 15.8. The summed E-state index contributed by atoms with van der Waals surface area (Å²) in [4.78, 5) is 12.5. The van der Waals surface area contributed by atoms with E-state index in [-0.39, 0.29) is 5.43 Å². The normalized spacial score (nSPS) is 11.2. The predicted molar refractivity (Wildman–Crippen MR) is 89.6 cm³/mol. The molecule has 0 unspecified atom stereocenters. The van der Waals surface area contributed by atoms with Gasteiger partial charge in [0.1, 0.15) is 0 Å². The van der Waals surface area contributed by atoms with Crippen LogP contribution in [0, 0.1) is 6.92 Å². The van der Waals surface area contributed by atoms with E-state index < -0.39 is 0 Å². The van der Waals surface area contributed by atoms with E-state index in [9.17, 15) is 4.79 Å². The highest BCUT2D eigenvalue weighted by atomic mass is 16.1. The molecule has 1 heterocycles. The van der Waals surface area contributed by atoms with Gasteiger partial charge in [0.25, 0.3) is 0 Å². The first-order chi connectivity index (χ1) is 10.2. The molecule has 0 aliphatic heterocycles. The Morgan fingerprint density at radius 3 is 2.52 bits per heavy atom. The van der Waals surface area contributed by atoms with Crippen LogP contribution >= 0.6 is 0 Å². The Hall–Kier alpha value is -1.61. The first-order valence-electron chi connectivity index (χ1n) is 8.01. The summed E-state index contributed by atoms with van der Waals surface area (Å²) in [5.74, 6) is 0. The van der Waals surface area contributed by atoms with E-state index in [4.69, 9.17) is 5.73 Å². The van der Waals surface area contributed by atoms with E-state index in [2.05, 4.69) is 11.5 Å². The van der Waals surface area contributed by atoms with Gasteiger partial charge in [-0.1, -0.05) is 44.7 Å². The summed E-state index contributed by atoms with van der Waals surface area (Å²) in [5.41, 5.74) is 9.02. The number of benzene rings is 1. The lowest BCUT2D eigenvalue weighted by Gasteiger charge is -2.17. The molecule has 0 saturated carbocycles. The van der Waals surface area contributed by atoms with Gasteiger partial charge in [0.2, 0.25) is 0 Å². The lowest BCUT2D eigenvalue weighted by Crippen LogP contribution is -2.21. The summed E-state index contributed by atoms with van der Waals surface area (Å²) in [6, 6.07) is 7.76. The van der Waals surface area contributed by atoms with Crippen LogP contribution in [0.15, 0.2) is 29.1 Å². The van der Waals surface area contributed by atoms with Crippen molar-refractivity contribution >= 4 is 10.9 Å². The molecule has 0 fully saturated rings. The monoisotopic (exact) mass is 286 g/mol. The number of hydrogen-bond acceptors (Lipinski definition) is 2. The van der Waals surface area contributed by atoms with Crippen LogP contribution in [0.2, 0.25) is 0 Å². The SMILES string of the molecule is CCCCCCCc1c(C)c(=O)c2ccccc2n1CN. The molecule has 3 heteroatoms. The van der Waals surface area contributed by atoms with Crippen LogP contribution in [0.4, 0.5) is 0 Å². The van der Waals surface area contributed by atoms with E-state index in [1.165, 1.54) is 25.7 Å². The lowest BCUT2D eigenvalue weighted by atomic mass is 10.0. The highest BCUT2D eigenvalue weighted by molar-refractivity contribution is 5.80. The smallest absolute Gasteiger partial charge is 0.192 e. The molecule has 21 heavy (non-hydrogen) atoms. The van der Waals surface area contributed by atoms with Gasteiger partial charge in [0.15, 0.2) is 5.43 Å². The van der Waals surface area contributed by atoms with Crippen molar-refractivity contribution in [1.29, 1.82) is 0 Å². The van der Waals surface area contributed by atoms with Crippen molar-refractivity contribution in [1.82, 2.24) is 4.57 Å². The number of nitrogens with zero attached hydrogens (tertiary/aromatic N) is 1. The Bertz CT molecular complexity index is 658. The van der Waals surface area contributed by atoms with Gasteiger partial charge in [-0.3, -0.25) is 4.79 Å². The summed E-state index contributed by atoms with van der Waals surface area (Å²) < 4.78 is 2.10. The Kier molecular flexibility index (Phi) is 5.57. The van der Waals surface area contributed by atoms with Gasteiger partial charge in [0, 0.05) is 16.6 Å². The Labute approximate surface area is 126 Å². The molecule has 2 rings (SSSR count). The molecule has 1 aromatic heterocycles. The highest BCUT2D eigenvalue weighted by Crippen LogP contribution is 2.18. The van der Waals surface area contributed by atoms with Gasteiger partial charge < -0.3 is 10.3 Å². The van der Waals surface area contributed by atoms with Crippen molar-refractivity contribution in [3.05, 3.63) is 45.7 Å². The number of para-hydroxylation sites is 1. The molecule has 0 atom stereocenters. The second kappa shape index (κ2) is 7.41.